The normalized spacial score (nSPS) is 15.6. The van der Waals surface area contributed by atoms with Gasteiger partial charge in [-0.05, 0) is 66.2 Å². The van der Waals surface area contributed by atoms with Gasteiger partial charge in [-0.3, -0.25) is 18.9 Å². The van der Waals surface area contributed by atoms with Crippen molar-refractivity contribution in [2.45, 2.75) is 93.4 Å². The molecule has 0 aliphatic rings. The number of rotatable bonds is 17. The standard InChI is InChI=1S/C24H44O9S/c1-8-11-14-32-19(25)22(4,5)17-24(7,21(27)33-15-12-16-34(28,29)30)18-23(6,10-3)20(26)31-13-9-2/h8-18H2,1-7H3,(H,28,29,30). The van der Waals surface area contributed by atoms with Gasteiger partial charge in [0.05, 0.1) is 41.8 Å². The van der Waals surface area contributed by atoms with Crippen molar-refractivity contribution in [3.63, 3.8) is 0 Å². The molecule has 0 aromatic rings. The molecule has 0 fully saturated rings. The van der Waals surface area contributed by atoms with E-state index in [1.54, 1.807) is 27.7 Å². The first-order chi connectivity index (χ1) is 15.6. The quantitative estimate of drug-likeness (QED) is 0.132. The summed E-state index contributed by atoms with van der Waals surface area (Å²) >= 11 is 0. The molecule has 0 amide bonds. The van der Waals surface area contributed by atoms with E-state index in [9.17, 15) is 22.8 Å². The van der Waals surface area contributed by atoms with Crippen LogP contribution >= 0.6 is 0 Å². The topological polar surface area (TPSA) is 133 Å². The second-order valence-corrected chi connectivity index (χ2v) is 11.7. The van der Waals surface area contributed by atoms with E-state index < -0.39 is 50.0 Å². The van der Waals surface area contributed by atoms with E-state index in [4.69, 9.17) is 18.8 Å². The van der Waals surface area contributed by atoms with Crippen LogP contribution in [0.25, 0.3) is 0 Å². The molecule has 0 spiro atoms. The van der Waals surface area contributed by atoms with E-state index in [-0.39, 0.29) is 39.1 Å². The first-order valence-electron chi connectivity index (χ1n) is 12.0. The third kappa shape index (κ3) is 11.2. The van der Waals surface area contributed by atoms with Crippen molar-refractivity contribution < 1.29 is 41.6 Å². The molecule has 34 heavy (non-hydrogen) atoms. The first-order valence-corrected chi connectivity index (χ1v) is 13.6. The second-order valence-electron chi connectivity index (χ2n) is 10.1. The molecule has 10 heteroatoms. The zero-order valence-electron chi connectivity index (χ0n) is 21.9. The number of hydrogen-bond donors (Lipinski definition) is 1. The van der Waals surface area contributed by atoms with Gasteiger partial charge in [-0.1, -0.05) is 27.2 Å². The highest BCUT2D eigenvalue weighted by Crippen LogP contribution is 2.45. The molecule has 0 saturated heterocycles. The monoisotopic (exact) mass is 508 g/mol. The van der Waals surface area contributed by atoms with Crippen LogP contribution in [0.5, 0.6) is 0 Å². The molecule has 1 N–H and O–H groups in total. The van der Waals surface area contributed by atoms with Crippen LogP contribution < -0.4 is 0 Å². The van der Waals surface area contributed by atoms with Gasteiger partial charge >= 0.3 is 17.9 Å². The Balaban J connectivity index is 5.81. The van der Waals surface area contributed by atoms with Gasteiger partial charge < -0.3 is 14.2 Å². The highest BCUT2D eigenvalue weighted by atomic mass is 32.2. The van der Waals surface area contributed by atoms with Crippen LogP contribution in [0.4, 0.5) is 0 Å². The predicted octanol–water partition coefficient (Wildman–Crippen LogP) is 4.33. The number of ether oxygens (including phenoxy) is 3. The summed E-state index contributed by atoms with van der Waals surface area (Å²) in [7, 11) is -4.18. The average molecular weight is 509 g/mol. The molecule has 9 nitrogen and oxygen atoms in total. The molecule has 0 radical (unpaired) electrons. The van der Waals surface area contributed by atoms with E-state index in [0.29, 0.717) is 12.8 Å². The summed E-state index contributed by atoms with van der Waals surface area (Å²) in [5.74, 6) is -2.06. The average Bonchev–Trinajstić information content (AvgIpc) is 2.73. The van der Waals surface area contributed by atoms with E-state index >= 15 is 0 Å². The SMILES string of the molecule is CCCCOC(=O)C(C)(C)CC(C)(CC(C)(CC)C(=O)OCCC)C(=O)OCCCS(=O)(=O)O. The van der Waals surface area contributed by atoms with E-state index in [1.807, 2.05) is 20.8 Å². The molecular formula is C24H44O9S. The molecule has 0 bridgehead atoms. The number of hydrogen-bond acceptors (Lipinski definition) is 8. The molecule has 0 aromatic carbocycles. The van der Waals surface area contributed by atoms with Gasteiger partial charge in [0.25, 0.3) is 10.1 Å². The summed E-state index contributed by atoms with van der Waals surface area (Å²) in [5, 5.41) is 0. The van der Waals surface area contributed by atoms with Gasteiger partial charge in [0.1, 0.15) is 0 Å². The van der Waals surface area contributed by atoms with E-state index in [1.165, 1.54) is 0 Å². The van der Waals surface area contributed by atoms with Gasteiger partial charge in [0, 0.05) is 0 Å². The second kappa shape index (κ2) is 14.0. The van der Waals surface area contributed by atoms with Crippen molar-refractivity contribution in [2.24, 2.45) is 16.2 Å². The van der Waals surface area contributed by atoms with Gasteiger partial charge in [0.15, 0.2) is 0 Å². The summed E-state index contributed by atoms with van der Waals surface area (Å²) in [6, 6.07) is 0. The molecule has 2 unspecified atom stereocenters. The maximum Gasteiger partial charge on any atom is 0.311 e. The highest BCUT2D eigenvalue weighted by molar-refractivity contribution is 7.85. The first kappa shape index (κ1) is 32.3. The Bertz CT molecular complexity index is 775. The minimum atomic E-state index is -4.18. The Morgan fingerprint density at radius 3 is 1.71 bits per heavy atom. The maximum atomic E-state index is 13.2. The number of carbonyl (C=O) groups excluding carboxylic acids is 3. The van der Waals surface area contributed by atoms with Crippen LogP contribution in [0.3, 0.4) is 0 Å². The van der Waals surface area contributed by atoms with Crippen molar-refractivity contribution in [3.8, 4) is 0 Å². The molecule has 0 aliphatic carbocycles. The van der Waals surface area contributed by atoms with Gasteiger partial charge in [0.2, 0.25) is 0 Å². The number of carbonyl (C=O) groups is 3. The zero-order valence-corrected chi connectivity index (χ0v) is 22.7. The van der Waals surface area contributed by atoms with Crippen LogP contribution in [-0.4, -0.2) is 56.5 Å². The fourth-order valence-corrected chi connectivity index (χ4v) is 4.39. The Morgan fingerprint density at radius 2 is 1.21 bits per heavy atom. The van der Waals surface area contributed by atoms with Crippen LogP contribution in [0.1, 0.15) is 93.4 Å². The fourth-order valence-electron chi connectivity index (χ4n) is 3.91. The summed E-state index contributed by atoms with van der Waals surface area (Å²) in [4.78, 5) is 38.8. The lowest BCUT2D eigenvalue weighted by Gasteiger charge is -2.39. The smallest absolute Gasteiger partial charge is 0.311 e. The van der Waals surface area contributed by atoms with Crippen LogP contribution in [0, 0.1) is 16.2 Å². The van der Waals surface area contributed by atoms with Crippen molar-refractivity contribution in [1.29, 1.82) is 0 Å². The highest BCUT2D eigenvalue weighted by Gasteiger charge is 2.49. The Morgan fingerprint density at radius 1 is 0.706 bits per heavy atom. The minimum absolute atomic E-state index is 0.0543. The van der Waals surface area contributed by atoms with Crippen LogP contribution in [-0.2, 0) is 38.7 Å². The van der Waals surface area contributed by atoms with Gasteiger partial charge in [-0.25, -0.2) is 0 Å². The van der Waals surface area contributed by atoms with Crippen molar-refractivity contribution in [3.05, 3.63) is 0 Å². The molecule has 0 heterocycles. The lowest BCUT2D eigenvalue weighted by atomic mass is 9.65. The summed E-state index contributed by atoms with van der Waals surface area (Å²) in [5.41, 5.74) is -3.31. The fraction of sp³-hybridized carbons (Fsp3) is 0.875. The van der Waals surface area contributed by atoms with Crippen molar-refractivity contribution in [1.82, 2.24) is 0 Å². The number of unbranched alkanes of at least 4 members (excludes halogenated alkanes) is 1. The zero-order chi connectivity index (χ0) is 26.6. The molecule has 2 atom stereocenters. The van der Waals surface area contributed by atoms with E-state index in [2.05, 4.69) is 0 Å². The van der Waals surface area contributed by atoms with Crippen LogP contribution in [0.15, 0.2) is 0 Å². The predicted molar refractivity (Wildman–Crippen MR) is 129 cm³/mol. The molecular weight excluding hydrogens is 464 g/mol. The Kier molecular flexibility index (Phi) is 13.3. The third-order valence-corrected chi connectivity index (χ3v) is 6.68. The maximum absolute atomic E-state index is 13.2. The van der Waals surface area contributed by atoms with Crippen LogP contribution in [0.2, 0.25) is 0 Å². The molecule has 0 saturated carbocycles. The number of esters is 3. The Labute approximate surface area is 205 Å². The van der Waals surface area contributed by atoms with Crippen molar-refractivity contribution in [2.75, 3.05) is 25.6 Å². The molecule has 200 valence electrons. The largest absolute Gasteiger partial charge is 0.465 e. The molecule has 0 aliphatic heterocycles. The summed E-state index contributed by atoms with van der Waals surface area (Å²) in [6.07, 6.45) is 2.72. The van der Waals surface area contributed by atoms with Gasteiger partial charge in [-0.2, -0.15) is 8.42 Å². The minimum Gasteiger partial charge on any atom is -0.465 e. The van der Waals surface area contributed by atoms with Gasteiger partial charge in [-0.15, -0.1) is 0 Å². The molecule has 0 rings (SSSR count). The summed E-state index contributed by atoms with van der Waals surface area (Å²) < 4.78 is 46.9. The third-order valence-electron chi connectivity index (χ3n) is 5.88. The lowest BCUT2D eigenvalue weighted by molar-refractivity contribution is -0.168. The summed E-state index contributed by atoms with van der Waals surface area (Å²) in [6.45, 7) is 12.8. The van der Waals surface area contributed by atoms with Crippen molar-refractivity contribution >= 4 is 28.0 Å². The molecule has 0 aromatic heterocycles. The Hall–Kier alpha value is -1.68. The lowest BCUT2D eigenvalue weighted by Crippen LogP contribution is -2.44. The van der Waals surface area contributed by atoms with E-state index in [0.717, 1.165) is 12.8 Å².